The van der Waals surface area contributed by atoms with Gasteiger partial charge in [-0.3, -0.25) is 14.5 Å². The Morgan fingerprint density at radius 3 is 2.39 bits per heavy atom. The monoisotopic (exact) mass is 669 g/mol. The molecule has 0 atom stereocenters. The van der Waals surface area contributed by atoms with Gasteiger partial charge in [0.2, 0.25) is 0 Å². The summed E-state index contributed by atoms with van der Waals surface area (Å²) in [5.74, 6) is -1.74. The van der Waals surface area contributed by atoms with Gasteiger partial charge in [0.15, 0.2) is 0 Å². The second kappa shape index (κ2) is 13.8. The zero-order valence-electron chi connectivity index (χ0n) is 27.5. The summed E-state index contributed by atoms with van der Waals surface area (Å²) in [7, 11) is -1.26. The Bertz CT molecular complexity index is 1410. The van der Waals surface area contributed by atoms with E-state index in [2.05, 4.69) is 24.6 Å². The maximum atomic E-state index is 13.4. The van der Waals surface area contributed by atoms with Crippen LogP contribution in [0.5, 0.6) is 0 Å². The molecular formula is C31H46F3N5O6Si. The van der Waals surface area contributed by atoms with Crippen molar-refractivity contribution in [3.8, 4) is 0 Å². The number of fused-ring (bicyclic) bond motifs is 3. The predicted octanol–water partition coefficient (Wildman–Crippen LogP) is 6.01. The van der Waals surface area contributed by atoms with Gasteiger partial charge < -0.3 is 28.9 Å². The van der Waals surface area contributed by atoms with Crippen LogP contribution in [0.25, 0.3) is 11.0 Å². The van der Waals surface area contributed by atoms with Crippen LogP contribution < -0.4 is 4.90 Å². The van der Waals surface area contributed by atoms with Gasteiger partial charge in [0.1, 0.15) is 31.1 Å². The Labute approximate surface area is 268 Å². The molecule has 1 fully saturated rings. The number of pyridine rings is 1. The predicted molar refractivity (Wildman–Crippen MR) is 169 cm³/mol. The van der Waals surface area contributed by atoms with Gasteiger partial charge in [0.05, 0.1) is 17.9 Å². The molecule has 0 saturated heterocycles. The largest absolute Gasteiger partial charge is 0.480 e. The van der Waals surface area contributed by atoms with E-state index in [-0.39, 0.29) is 25.2 Å². The molecule has 2 aliphatic rings. The molecule has 46 heavy (non-hydrogen) atoms. The van der Waals surface area contributed by atoms with Crippen LogP contribution in [0.3, 0.4) is 0 Å². The number of carbonyl (C=O) groups excluding carboxylic acids is 2. The molecule has 0 spiro atoms. The third-order valence-electron chi connectivity index (χ3n) is 8.20. The summed E-state index contributed by atoms with van der Waals surface area (Å²) in [6.07, 6.45) is 0.0315. The van der Waals surface area contributed by atoms with E-state index in [1.165, 1.54) is 11.1 Å². The van der Waals surface area contributed by atoms with Crippen molar-refractivity contribution >= 4 is 42.8 Å². The minimum Gasteiger partial charge on any atom is -0.480 e. The van der Waals surface area contributed by atoms with Crippen LogP contribution in [-0.4, -0.2) is 101 Å². The molecule has 1 saturated carbocycles. The van der Waals surface area contributed by atoms with Crippen LogP contribution in [0, 0.1) is 5.92 Å². The molecule has 1 aliphatic heterocycles. The minimum absolute atomic E-state index is 0.0581. The van der Waals surface area contributed by atoms with Crippen LogP contribution in [0.2, 0.25) is 25.7 Å². The fourth-order valence-electron chi connectivity index (χ4n) is 6.01. The fourth-order valence-corrected chi connectivity index (χ4v) is 6.76. The van der Waals surface area contributed by atoms with Crippen LogP contribution in [-0.2, 0) is 21.0 Å². The second-order valence-corrected chi connectivity index (χ2v) is 20.2. The summed E-state index contributed by atoms with van der Waals surface area (Å²) in [5.41, 5.74) is 0.693. The number of ether oxygens (including phenoxy) is 2. The van der Waals surface area contributed by atoms with Crippen molar-refractivity contribution in [2.24, 2.45) is 5.92 Å². The van der Waals surface area contributed by atoms with Crippen LogP contribution in [0.1, 0.15) is 56.8 Å². The van der Waals surface area contributed by atoms with Crippen molar-refractivity contribution in [2.45, 2.75) is 96.7 Å². The number of amides is 2. The molecule has 11 nitrogen and oxygen atoms in total. The fraction of sp³-hybridized carbons (Fsp3) is 0.677. The number of alkyl halides is 3. The SMILES string of the molecule is CC(C)(C)OC(=O)N(CC1CCC(N2CN(CC(=O)O)C(=O)c3cnc4c(ccn4COCC[Si](C)(C)C)c32)CC1)CC(F)(F)F. The third kappa shape index (κ3) is 9.36. The first-order valence-electron chi connectivity index (χ1n) is 15.7. The number of rotatable bonds is 11. The summed E-state index contributed by atoms with van der Waals surface area (Å²) in [6, 6.07) is 2.79. The number of anilines is 1. The number of nitrogens with zero attached hydrogens (tertiary/aromatic N) is 5. The van der Waals surface area contributed by atoms with E-state index in [0.29, 0.717) is 55.9 Å². The molecule has 1 N–H and O–H groups in total. The van der Waals surface area contributed by atoms with Gasteiger partial charge >= 0.3 is 18.2 Å². The number of carbonyl (C=O) groups is 3. The Kier molecular flexibility index (Phi) is 10.7. The van der Waals surface area contributed by atoms with E-state index in [4.69, 9.17) is 9.47 Å². The van der Waals surface area contributed by atoms with Crippen molar-refractivity contribution in [2.75, 3.05) is 37.8 Å². The number of aromatic nitrogens is 2. The molecule has 1 aliphatic carbocycles. The number of halogens is 3. The lowest BCUT2D eigenvalue weighted by Crippen LogP contribution is -2.53. The average molecular weight is 670 g/mol. The Hall–Kier alpha value is -3.33. The highest BCUT2D eigenvalue weighted by molar-refractivity contribution is 6.76. The quantitative estimate of drug-likeness (QED) is 0.228. The van der Waals surface area contributed by atoms with Gasteiger partial charge in [-0.15, -0.1) is 0 Å². The molecule has 4 rings (SSSR count). The standard InChI is InChI=1S/C31H46F3N5O6Si/c1-30(2,3)45-29(43)37(18-31(32,33)34)16-21-7-9-22(10-8-21)39-19-38(17-25(40)41)28(42)24-15-35-27-23(26(24)39)11-12-36(27)20-44-13-14-46(4,5)6/h11-12,15,21-22H,7-10,13-14,16-20H2,1-6H3,(H,40,41). The molecule has 3 heterocycles. The van der Waals surface area contributed by atoms with Gasteiger partial charge in [0.25, 0.3) is 5.91 Å². The average Bonchev–Trinajstić information content (AvgIpc) is 3.33. The zero-order valence-corrected chi connectivity index (χ0v) is 28.5. The summed E-state index contributed by atoms with van der Waals surface area (Å²) < 4.78 is 53.2. The number of carboxylic acid groups (broad SMARTS) is 1. The van der Waals surface area contributed by atoms with Gasteiger partial charge in [-0.05, 0) is 64.5 Å². The highest BCUT2D eigenvalue weighted by atomic mass is 28.3. The molecular weight excluding hydrogens is 623 g/mol. The van der Waals surface area contributed by atoms with Crippen molar-refractivity contribution in [1.29, 1.82) is 0 Å². The molecule has 0 unspecified atom stereocenters. The number of aliphatic carboxylic acids is 1. The molecule has 2 aromatic rings. The number of hydrogen-bond acceptors (Lipinski definition) is 7. The first-order chi connectivity index (χ1) is 21.3. The first kappa shape index (κ1) is 35.5. The molecule has 2 aromatic heterocycles. The summed E-state index contributed by atoms with van der Waals surface area (Å²) in [5, 5.41) is 10.3. The third-order valence-corrected chi connectivity index (χ3v) is 9.90. The van der Waals surface area contributed by atoms with Crippen molar-refractivity contribution < 1.29 is 42.1 Å². The highest BCUT2D eigenvalue weighted by Crippen LogP contribution is 2.40. The van der Waals surface area contributed by atoms with Crippen molar-refractivity contribution in [1.82, 2.24) is 19.4 Å². The molecule has 2 amide bonds. The highest BCUT2D eigenvalue weighted by Gasteiger charge is 2.40. The summed E-state index contributed by atoms with van der Waals surface area (Å²) in [6.45, 7) is 10.7. The van der Waals surface area contributed by atoms with Gasteiger partial charge in [0, 0.05) is 45.0 Å². The van der Waals surface area contributed by atoms with E-state index in [0.717, 1.165) is 16.3 Å². The first-order valence-corrected chi connectivity index (χ1v) is 19.4. The maximum Gasteiger partial charge on any atom is 0.410 e. The van der Waals surface area contributed by atoms with Crippen molar-refractivity contribution in [3.05, 3.63) is 24.0 Å². The molecule has 0 bridgehead atoms. The van der Waals surface area contributed by atoms with Gasteiger partial charge in [-0.1, -0.05) is 19.6 Å². The Balaban J connectivity index is 1.55. The van der Waals surface area contributed by atoms with Crippen molar-refractivity contribution in [3.63, 3.8) is 0 Å². The van der Waals surface area contributed by atoms with E-state index >= 15 is 0 Å². The summed E-state index contributed by atoms with van der Waals surface area (Å²) in [4.78, 5) is 46.3. The Morgan fingerprint density at radius 1 is 1.13 bits per heavy atom. The van der Waals surface area contributed by atoms with E-state index in [1.54, 1.807) is 20.8 Å². The second-order valence-electron chi connectivity index (χ2n) is 14.5. The number of hydrogen-bond donors (Lipinski definition) is 1. The molecule has 15 heteroatoms. The van der Waals surface area contributed by atoms with Crippen LogP contribution in [0.15, 0.2) is 18.5 Å². The summed E-state index contributed by atoms with van der Waals surface area (Å²) >= 11 is 0. The zero-order chi connectivity index (χ0) is 34.0. The maximum absolute atomic E-state index is 13.4. The van der Waals surface area contributed by atoms with Gasteiger partial charge in [-0.25, -0.2) is 9.78 Å². The smallest absolute Gasteiger partial charge is 0.410 e. The lowest BCUT2D eigenvalue weighted by atomic mass is 9.84. The molecule has 256 valence electrons. The normalized spacial score (nSPS) is 19.4. The topological polar surface area (TPSA) is 117 Å². The Morgan fingerprint density at radius 2 is 1.80 bits per heavy atom. The molecule has 0 aromatic carbocycles. The van der Waals surface area contributed by atoms with E-state index < -0.39 is 50.9 Å². The molecule has 0 radical (unpaired) electrons. The number of carboxylic acids is 1. The van der Waals surface area contributed by atoms with Crippen LogP contribution >= 0.6 is 0 Å². The lowest BCUT2D eigenvalue weighted by Gasteiger charge is -2.44. The van der Waals surface area contributed by atoms with E-state index in [1.807, 2.05) is 21.7 Å². The van der Waals surface area contributed by atoms with Gasteiger partial charge in [-0.2, -0.15) is 13.2 Å². The van der Waals surface area contributed by atoms with Crippen LogP contribution in [0.4, 0.5) is 23.7 Å². The lowest BCUT2D eigenvalue weighted by molar-refractivity contribution is -0.146. The van der Waals surface area contributed by atoms with E-state index in [9.17, 15) is 32.7 Å². The minimum atomic E-state index is -4.57.